The Kier molecular flexibility index (Phi) is 5.58. The highest BCUT2D eigenvalue weighted by molar-refractivity contribution is 5.73. The van der Waals surface area contributed by atoms with E-state index >= 15 is 0 Å². The lowest BCUT2D eigenvalue weighted by atomic mass is 10.1. The molecule has 27 heavy (non-hydrogen) atoms. The highest BCUT2D eigenvalue weighted by Crippen LogP contribution is 2.23. The molecule has 3 rings (SSSR count). The Morgan fingerprint density at radius 2 is 1.93 bits per heavy atom. The molecule has 2 amide bonds. The fraction of sp³-hybridized carbons (Fsp3) is 0.650. The minimum absolute atomic E-state index is 0.0129. The summed E-state index contributed by atoms with van der Waals surface area (Å²) >= 11 is 0. The number of hydrogen-bond acceptors (Lipinski definition) is 5. The molecule has 2 aliphatic heterocycles. The summed E-state index contributed by atoms with van der Waals surface area (Å²) in [5.41, 5.74) is 1.77. The fourth-order valence-electron chi connectivity index (χ4n) is 3.63. The number of nitrogens with one attached hydrogen (secondary N) is 1. The first-order valence-electron chi connectivity index (χ1n) is 9.70. The number of hydrogen-bond donors (Lipinski definition) is 1. The first-order chi connectivity index (χ1) is 12.7. The molecule has 0 aromatic carbocycles. The summed E-state index contributed by atoms with van der Waals surface area (Å²) in [6, 6.07) is 4.37. The van der Waals surface area contributed by atoms with E-state index in [0.717, 1.165) is 43.9 Å². The molecule has 0 spiro atoms. The summed E-state index contributed by atoms with van der Waals surface area (Å²) in [4.78, 5) is 32.5. The van der Waals surface area contributed by atoms with Crippen molar-refractivity contribution >= 4 is 17.8 Å². The third kappa shape index (κ3) is 5.11. The number of aromatic nitrogens is 1. The minimum atomic E-state index is -0.484. The molecule has 1 fully saturated rings. The molecular weight excluding hydrogens is 344 g/mol. The van der Waals surface area contributed by atoms with Gasteiger partial charge in [-0.25, -0.2) is 9.78 Å². The third-order valence-corrected chi connectivity index (χ3v) is 4.89. The summed E-state index contributed by atoms with van der Waals surface area (Å²) in [5, 5.41) is 2.98. The number of ether oxygens (including phenoxy) is 1. The Morgan fingerprint density at radius 1 is 1.19 bits per heavy atom. The maximum absolute atomic E-state index is 12.4. The second-order valence-corrected chi connectivity index (χ2v) is 8.37. The monoisotopic (exact) mass is 374 g/mol. The van der Waals surface area contributed by atoms with Crippen molar-refractivity contribution in [3.05, 3.63) is 23.4 Å². The van der Waals surface area contributed by atoms with E-state index in [-0.39, 0.29) is 18.0 Å². The predicted octanol–water partition coefficient (Wildman–Crippen LogP) is 2.13. The second kappa shape index (κ2) is 7.74. The van der Waals surface area contributed by atoms with Crippen LogP contribution in [0.5, 0.6) is 0 Å². The van der Waals surface area contributed by atoms with E-state index in [0.29, 0.717) is 13.1 Å². The molecule has 1 saturated heterocycles. The third-order valence-electron chi connectivity index (χ3n) is 4.89. The van der Waals surface area contributed by atoms with Gasteiger partial charge >= 0.3 is 6.09 Å². The number of rotatable bonds is 2. The van der Waals surface area contributed by atoms with Gasteiger partial charge in [-0.05, 0) is 45.2 Å². The largest absolute Gasteiger partial charge is 0.444 e. The van der Waals surface area contributed by atoms with Gasteiger partial charge in [0.2, 0.25) is 5.91 Å². The predicted molar refractivity (Wildman–Crippen MR) is 104 cm³/mol. The van der Waals surface area contributed by atoms with Gasteiger partial charge in [0.15, 0.2) is 0 Å². The molecule has 7 nitrogen and oxygen atoms in total. The van der Waals surface area contributed by atoms with E-state index in [4.69, 9.17) is 9.72 Å². The van der Waals surface area contributed by atoms with E-state index < -0.39 is 5.60 Å². The van der Waals surface area contributed by atoms with Gasteiger partial charge in [-0.1, -0.05) is 6.07 Å². The molecule has 1 N–H and O–H groups in total. The first kappa shape index (κ1) is 19.5. The van der Waals surface area contributed by atoms with Crippen LogP contribution in [0.1, 0.15) is 45.4 Å². The van der Waals surface area contributed by atoms with E-state index in [9.17, 15) is 9.59 Å². The van der Waals surface area contributed by atoms with Crippen molar-refractivity contribution in [2.45, 2.75) is 58.6 Å². The lowest BCUT2D eigenvalue weighted by molar-refractivity contribution is -0.119. The van der Waals surface area contributed by atoms with Crippen molar-refractivity contribution in [2.24, 2.45) is 0 Å². The summed E-state index contributed by atoms with van der Waals surface area (Å²) in [6.45, 7) is 10.2. The smallest absolute Gasteiger partial charge is 0.410 e. The summed E-state index contributed by atoms with van der Waals surface area (Å²) in [6.07, 6.45) is 2.19. The van der Waals surface area contributed by atoms with Crippen LogP contribution in [0.4, 0.5) is 10.6 Å². The zero-order chi connectivity index (χ0) is 19.6. The molecule has 0 radical (unpaired) electrons. The Balaban J connectivity index is 1.64. The SMILES string of the molecule is CC(=O)NC1CCN(c2ccc3c(n2)CCN(C(=O)OC(C)(C)C)CC3)C1. The number of anilines is 1. The minimum Gasteiger partial charge on any atom is -0.444 e. The lowest BCUT2D eigenvalue weighted by Crippen LogP contribution is -2.38. The van der Waals surface area contributed by atoms with E-state index in [1.165, 1.54) is 5.56 Å². The van der Waals surface area contributed by atoms with Crippen molar-refractivity contribution in [3.63, 3.8) is 0 Å². The summed E-state index contributed by atoms with van der Waals surface area (Å²) < 4.78 is 5.50. The lowest BCUT2D eigenvalue weighted by Gasteiger charge is -2.26. The number of pyridine rings is 1. The first-order valence-corrected chi connectivity index (χ1v) is 9.70. The van der Waals surface area contributed by atoms with Crippen LogP contribution in [0.15, 0.2) is 12.1 Å². The standard InChI is InChI=1S/C20H30N4O3/c1-14(25)21-16-8-11-24(13-16)18-6-5-15-7-10-23(12-9-17(15)22-18)19(26)27-20(2,3)4/h5-6,16H,7-13H2,1-4H3,(H,21,25). The Hall–Kier alpha value is -2.31. The number of nitrogens with zero attached hydrogens (tertiary/aromatic N) is 3. The zero-order valence-electron chi connectivity index (χ0n) is 16.7. The number of carbonyl (C=O) groups excluding carboxylic acids is 2. The zero-order valence-corrected chi connectivity index (χ0v) is 16.7. The van der Waals surface area contributed by atoms with Gasteiger partial charge in [0.25, 0.3) is 0 Å². The quantitative estimate of drug-likeness (QED) is 0.858. The van der Waals surface area contributed by atoms with Gasteiger partial charge in [-0.2, -0.15) is 0 Å². The maximum atomic E-state index is 12.4. The van der Waals surface area contributed by atoms with Gasteiger partial charge in [-0.15, -0.1) is 0 Å². The van der Waals surface area contributed by atoms with Crippen LogP contribution < -0.4 is 10.2 Å². The van der Waals surface area contributed by atoms with Gasteiger partial charge in [0.1, 0.15) is 11.4 Å². The Labute approximate surface area is 161 Å². The molecule has 0 saturated carbocycles. The number of carbonyl (C=O) groups is 2. The fourth-order valence-corrected chi connectivity index (χ4v) is 3.63. The maximum Gasteiger partial charge on any atom is 0.410 e. The molecule has 148 valence electrons. The van der Waals surface area contributed by atoms with Crippen LogP contribution >= 0.6 is 0 Å². The number of amides is 2. The average Bonchev–Trinajstić information content (AvgIpc) is 2.90. The number of fused-ring (bicyclic) bond motifs is 1. The van der Waals surface area contributed by atoms with Crippen LogP contribution in [0.2, 0.25) is 0 Å². The van der Waals surface area contributed by atoms with E-state index in [1.807, 2.05) is 20.8 Å². The molecule has 1 aromatic rings. The molecule has 1 atom stereocenters. The van der Waals surface area contributed by atoms with Crippen LogP contribution in [-0.2, 0) is 22.4 Å². The van der Waals surface area contributed by atoms with Gasteiger partial charge in [0, 0.05) is 51.3 Å². The van der Waals surface area contributed by atoms with Crippen molar-refractivity contribution in [1.29, 1.82) is 0 Å². The van der Waals surface area contributed by atoms with Crippen LogP contribution in [0, 0.1) is 0 Å². The van der Waals surface area contributed by atoms with Gasteiger partial charge < -0.3 is 19.9 Å². The molecule has 0 aliphatic carbocycles. The van der Waals surface area contributed by atoms with Crippen LogP contribution in [0.3, 0.4) is 0 Å². The molecular formula is C20H30N4O3. The highest BCUT2D eigenvalue weighted by Gasteiger charge is 2.27. The molecule has 0 bridgehead atoms. The average molecular weight is 374 g/mol. The van der Waals surface area contributed by atoms with E-state index in [1.54, 1.807) is 11.8 Å². The van der Waals surface area contributed by atoms with Crippen LogP contribution in [-0.4, -0.2) is 59.7 Å². The molecule has 2 aliphatic rings. The Bertz CT molecular complexity index is 714. The molecule has 3 heterocycles. The summed E-state index contributed by atoms with van der Waals surface area (Å²) in [5.74, 6) is 0.964. The normalized spacial score (nSPS) is 20.1. The van der Waals surface area contributed by atoms with Crippen LogP contribution in [0.25, 0.3) is 0 Å². The molecule has 7 heteroatoms. The van der Waals surface area contributed by atoms with Crippen molar-refractivity contribution in [2.75, 3.05) is 31.1 Å². The topological polar surface area (TPSA) is 74.8 Å². The van der Waals surface area contributed by atoms with Gasteiger partial charge in [0.05, 0.1) is 0 Å². The van der Waals surface area contributed by atoms with Crippen molar-refractivity contribution in [3.8, 4) is 0 Å². The highest BCUT2D eigenvalue weighted by atomic mass is 16.6. The van der Waals surface area contributed by atoms with Crippen molar-refractivity contribution in [1.82, 2.24) is 15.2 Å². The molecule has 1 unspecified atom stereocenters. The Morgan fingerprint density at radius 3 is 2.63 bits per heavy atom. The second-order valence-electron chi connectivity index (χ2n) is 8.37. The van der Waals surface area contributed by atoms with Crippen molar-refractivity contribution < 1.29 is 14.3 Å². The van der Waals surface area contributed by atoms with E-state index in [2.05, 4.69) is 22.3 Å². The van der Waals surface area contributed by atoms with Gasteiger partial charge in [-0.3, -0.25) is 4.79 Å². The molecule has 1 aromatic heterocycles. The summed E-state index contributed by atoms with van der Waals surface area (Å²) in [7, 11) is 0.